The minimum atomic E-state index is -0.156. The molecule has 32 heavy (non-hydrogen) atoms. The Bertz CT molecular complexity index is 1500. The maximum atomic E-state index is 13.1. The molecule has 0 fully saturated rings. The molecule has 3 aromatic heterocycles. The number of pyridine rings is 1. The van der Waals surface area contributed by atoms with E-state index < -0.39 is 0 Å². The van der Waals surface area contributed by atoms with Gasteiger partial charge in [0.2, 0.25) is 0 Å². The van der Waals surface area contributed by atoms with Crippen LogP contribution in [0.2, 0.25) is 0 Å². The summed E-state index contributed by atoms with van der Waals surface area (Å²) in [6.07, 6.45) is 4.41. The van der Waals surface area contributed by atoms with Crippen molar-refractivity contribution in [2.45, 2.75) is 19.9 Å². The van der Waals surface area contributed by atoms with Crippen molar-refractivity contribution in [3.8, 4) is 0 Å². The van der Waals surface area contributed by atoms with Crippen LogP contribution in [0.1, 0.15) is 28.4 Å². The highest BCUT2D eigenvalue weighted by atomic mass is 16.1. The van der Waals surface area contributed by atoms with Crippen LogP contribution in [0.3, 0.4) is 0 Å². The zero-order chi connectivity index (χ0) is 22.1. The second-order valence-corrected chi connectivity index (χ2v) is 7.66. The molecule has 0 saturated carbocycles. The zero-order valence-electron chi connectivity index (χ0n) is 17.7. The monoisotopic (exact) mass is 422 g/mol. The van der Waals surface area contributed by atoms with E-state index in [9.17, 15) is 9.59 Å². The van der Waals surface area contributed by atoms with E-state index in [2.05, 4.69) is 17.2 Å². The molecule has 0 aliphatic rings. The molecule has 2 aromatic carbocycles. The predicted octanol–water partition coefficient (Wildman–Crippen LogP) is 4.51. The number of aromatic nitrogens is 3. The molecule has 1 amide bonds. The van der Waals surface area contributed by atoms with E-state index in [-0.39, 0.29) is 11.5 Å². The molecule has 6 heteroatoms. The lowest BCUT2D eigenvalue weighted by molar-refractivity contribution is 0.102. The Balaban J connectivity index is 1.44. The number of benzene rings is 2. The molecule has 0 atom stereocenters. The normalized spacial score (nSPS) is 11.2. The van der Waals surface area contributed by atoms with Gasteiger partial charge in [0.15, 0.2) is 5.65 Å². The Labute approximate surface area is 184 Å². The lowest BCUT2D eigenvalue weighted by atomic mass is 10.1. The summed E-state index contributed by atoms with van der Waals surface area (Å²) < 4.78 is 3.54. The largest absolute Gasteiger partial charge is 0.322 e. The van der Waals surface area contributed by atoms with E-state index in [1.807, 2.05) is 71.3 Å². The van der Waals surface area contributed by atoms with E-state index in [4.69, 9.17) is 0 Å². The Hall–Kier alpha value is -4.19. The number of fused-ring (bicyclic) bond motifs is 3. The average molecular weight is 422 g/mol. The van der Waals surface area contributed by atoms with Gasteiger partial charge in [-0.25, -0.2) is 4.98 Å². The van der Waals surface area contributed by atoms with Crippen molar-refractivity contribution in [1.82, 2.24) is 14.0 Å². The number of amides is 1. The first kappa shape index (κ1) is 19.8. The van der Waals surface area contributed by atoms with Crippen LogP contribution in [0, 0.1) is 0 Å². The third-order valence-corrected chi connectivity index (χ3v) is 5.70. The van der Waals surface area contributed by atoms with Gasteiger partial charge in [0, 0.05) is 23.6 Å². The fraction of sp³-hybridized carbons (Fsp3) is 0.115. The topological polar surface area (TPSA) is 68.4 Å². The Morgan fingerprint density at radius 1 is 0.938 bits per heavy atom. The van der Waals surface area contributed by atoms with Gasteiger partial charge in [-0.05, 0) is 60.0 Å². The molecule has 6 nitrogen and oxygen atoms in total. The summed E-state index contributed by atoms with van der Waals surface area (Å²) in [5, 5.41) is 2.99. The number of carbonyl (C=O) groups excluding carboxylic acids is 1. The number of hydrogen-bond donors (Lipinski definition) is 1. The fourth-order valence-electron chi connectivity index (χ4n) is 4.02. The number of nitrogens with one attached hydrogen (secondary N) is 1. The van der Waals surface area contributed by atoms with E-state index >= 15 is 0 Å². The number of nitrogens with zero attached hydrogens (tertiary/aromatic N) is 3. The van der Waals surface area contributed by atoms with Crippen molar-refractivity contribution in [3.05, 3.63) is 112 Å². The van der Waals surface area contributed by atoms with Crippen molar-refractivity contribution in [1.29, 1.82) is 0 Å². The maximum absolute atomic E-state index is 13.1. The Morgan fingerprint density at radius 2 is 1.72 bits per heavy atom. The lowest BCUT2D eigenvalue weighted by Gasteiger charge is -2.12. The van der Waals surface area contributed by atoms with Gasteiger partial charge in [0.25, 0.3) is 11.5 Å². The average Bonchev–Trinajstić information content (AvgIpc) is 3.33. The van der Waals surface area contributed by atoms with Crippen LogP contribution in [-0.2, 0) is 13.0 Å². The van der Waals surface area contributed by atoms with E-state index in [0.29, 0.717) is 23.3 Å². The molecule has 0 unspecified atom stereocenters. The minimum absolute atomic E-state index is 0.0980. The summed E-state index contributed by atoms with van der Waals surface area (Å²) in [6, 6.07) is 22.6. The summed E-state index contributed by atoms with van der Waals surface area (Å²) in [5.41, 5.74) is 5.41. The quantitative estimate of drug-likeness (QED) is 0.453. The van der Waals surface area contributed by atoms with Gasteiger partial charge in [0.1, 0.15) is 5.52 Å². The van der Waals surface area contributed by atoms with Crippen molar-refractivity contribution in [3.63, 3.8) is 0 Å². The van der Waals surface area contributed by atoms with E-state index in [1.165, 1.54) is 0 Å². The van der Waals surface area contributed by atoms with Crippen LogP contribution < -0.4 is 10.9 Å². The first-order chi connectivity index (χ1) is 15.7. The molecule has 0 aliphatic carbocycles. The number of carbonyl (C=O) groups is 1. The molecule has 0 radical (unpaired) electrons. The van der Waals surface area contributed by atoms with Gasteiger partial charge < -0.3 is 9.72 Å². The van der Waals surface area contributed by atoms with Crippen LogP contribution in [0.5, 0.6) is 0 Å². The van der Waals surface area contributed by atoms with Gasteiger partial charge in [-0.2, -0.15) is 0 Å². The van der Waals surface area contributed by atoms with Crippen LogP contribution in [0.15, 0.2) is 90.0 Å². The van der Waals surface area contributed by atoms with Crippen LogP contribution >= 0.6 is 0 Å². The zero-order valence-corrected chi connectivity index (χ0v) is 17.7. The standard InChI is InChI=1S/C26H22N4O2/c1-2-19-7-3-4-8-21(19)28-25(31)20-13-11-18(12-14-20)17-30-24-22(9-5-15-27-24)29-16-6-10-23(29)26(30)32/h3-16H,2,17H2,1H3,(H,28,31). The highest BCUT2D eigenvalue weighted by Gasteiger charge is 2.13. The van der Waals surface area contributed by atoms with E-state index in [0.717, 1.165) is 28.8 Å². The molecular formula is C26H22N4O2. The lowest BCUT2D eigenvalue weighted by Crippen LogP contribution is -2.24. The molecule has 0 saturated heterocycles. The van der Waals surface area contributed by atoms with Crippen LogP contribution in [0.4, 0.5) is 5.69 Å². The number of anilines is 1. The van der Waals surface area contributed by atoms with Gasteiger partial charge in [-0.3, -0.25) is 14.2 Å². The molecule has 5 aromatic rings. The minimum Gasteiger partial charge on any atom is -0.322 e. The third-order valence-electron chi connectivity index (χ3n) is 5.70. The predicted molar refractivity (Wildman–Crippen MR) is 126 cm³/mol. The van der Waals surface area contributed by atoms with Crippen molar-refractivity contribution in [2.24, 2.45) is 0 Å². The summed E-state index contributed by atoms with van der Waals surface area (Å²) in [5.74, 6) is -0.156. The summed E-state index contributed by atoms with van der Waals surface area (Å²) >= 11 is 0. The fourth-order valence-corrected chi connectivity index (χ4v) is 4.02. The van der Waals surface area contributed by atoms with Gasteiger partial charge in [-0.1, -0.05) is 37.3 Å². The Morgan fingerprint density at radius 3 is 2.53 bits per heavy atom. The first-order valence-electron chi connectivity index (χ1n) is 10.6. The third kappa shape index (κ3) is 3.46. The molecule has 0 spiro atoms. The van der Waals surface area contributed by atoms with Gasteiger partial charge in [-0.15, -0.1) is 0 Å². The second kappa shape index (κ2) is 8.15. The van der Waals surface area contributed by atoms with Crippen LogP contribution in [0.25, 0.3) is 16.7 Å². The van der Waals surface area contributed by atoms with Gasteiger partial charge >= 0.3 is 0 Å². The number of hydrogen-bond acceptors (Lipinski definition) is 3. The van der Waals surface area contributed by atoms with Crippen molar-refractivity contribution >= 4 is 28.3 Å². The van der Waals surface area contributed by atoms with Crippen molar-refractivity contribution in [2.75, 3.05) is 5.32 Å². The number of rotatable bonds is 5. The van der Waals surface area contributed by atoms with Gasteiger partial charge in [0.05, 0.1) is 12.1 Å². The molecular weight excluding hydrogens is 400 g/mol. The van der Waals surface area contributed by atoms with Crippen molar-refractivity contribution < 1.29 is 4.79 Å². The first-order valence-corrected chi connectivity index (χ1v) is 10.6. The summed E-state index contributed by atoms with van der Waals surface area (Å²) in [4.78, 5) is 30.3. The molecule has 0 bridgehead atoms. The summed E-state index contributed by atoms with van der Waals surface area (Å²) in [6.45, 7) is 2.43. The highest BCUT2D eigenvalue weighted by molar-refractivity contribution is 6.04. The highest BCUT2D eigenvalue weighted by Crippen LogP contribution is 2.18. The SMILES string of the molecule is CCc1ccccc1NC(=O)c1ccc(Cn2c(=O)c3cccn3c3cccnc32)cc1. The number of aryl methyl sites for hydroxylation is 1. The van der Waals surface area contributed by atoms with Crippen LogP contribution in [-0.4, -0.2) is 19.9 Å². The molecule has 1 N–H and O–H groups in total. The maximum Gasteiger partial charge on any atom is 0.276 e. The molecule has 3 heterocycles. The second-order valence-electron chi connectivity index (χ2n) is 7.66. The molecule has 5 rings (SSSR count). The number of para-hydroxylation sites is 1. The molecule has 0 aliphatic heterocycles. The Kier molecular flexibility index (Phi) is 5.03. The summed E-state index contributed by atoms with van der Waals surface area (Å²) in [7, 11) is 0. The smallest absolute Gasteiger partial charge is 0.276 e. The molecule has 158 valence electrons. The van der Waals surface area contributed by atoms with E-state index in [1.54, 1.807) is 22.9 Å².